The molecule has 3 aromatic rings. The van der Waals surface area contributed by atoms with Crippen LogP contribution in [0.4, 0.5) is 0 Å². The Bertz CT molecular complexity index is 1150. The number of amides is 1. The molecule has 2 N–H and O–H groups in total. The van der Waals surface area contributed by atoms with E-state index in [0.717, 1.165) is 16.7 Å². The summed E-state index contributed by atoms with van der Waals surface area (Å²) in [6, 6.07) is 22.4. The molecule has 1 amide bonds. The first-order valence-electron chi connectivity index (χ1n) is 9.19. The lowest BCUT2D eigenvalue weighted by molar-refractivity contribution is -0.133. The van der Waals surface area contributed by atoms with Crippen molar-refractivity contribution in [1.29, 1.82) is 0 Å². The quantitative estimate of drug-likeness (QED) is 0.513. The molecule has 1 atom stereocenters. The Labute approximate surface area is 169 Å². The van der Waals surface area contributed by atoms with Crippen LogP contribution in [0.5, 0.6) is 0 Å². The van der Waals surface area contributed by atoms with Crippen LogP contribution >= 0.6 is 0 Å². The van der Waals surface area contributed by atoms with Gasteiger partial charge in [0.05, 0.1) is 4.90 Å². The molecule has 3 aromatic carbocycles. The molecule has 29 heavy (non-hydrogen) atoms. The first-order chi connectivity index (χ1) is 14.0. The zero-order chi connectivity index (χ0) is 20.4. The maximum atomic E-state index is 13.7. The first-order valence-corrected chi connectivity index (χ1v) is 10.6. The number of benzene rings is 3. The minimum atomic E-state index is -4.03. The number of sulfonamides is 1. The minimum Gasteiger partial charge on any atom is -0.289 e. The Kier molecular flexibility index (Phi) is 5.19. The van der Waals surface area contributed by atoms with Gasteiger partial charge in [0.1, 0.15) is 6.04 Å². The van der Waals surface area contributed by atoms with Gasteiger partial charge in [0, 0.05) is 12.1 Å². The van der Waals surface area contributed by atoms with Crippen LogP contribution in [-0.2, 0) is 27.8 Å². The Morgan fingerprint density at radius 2 is 1.52 bits per heavy atom. The minimum absolute atomic E-state index is 0.0553. The number of nitrogens with zero attached hydrogens (tertiary/aromatic N) is 1. The molecule has 0 bridgehead atoms. The molecule has 0 fully saturated rings. The Morgan fingerprint density at radius 3 is 2.24 bits per heavy atom. The number of hydrogen-bond donors (Lipinski definition) is 2. The van der Waals surface area contributed by atoms with Crippen molar-refractivity contribution in [3.05, 3.63) is 90.0 Å². The van der Waals surface area contributed by atoms with E-state index in [1.807, 2.05) is 54.6 Å². The molecule has 0 radical (unpaired) electrons. The van der Waals surface area contributed by atoms with Crippen molar-refractivity contribution in [2.75, 3.05) is 0 Å². The third kappa shape index (κ3) is 3.55. The van der Waals surface area contributed by atoms with Gasteiger partial charge in [0.2, 0.25) is 10.0 Å². The van der Waals surface area contributed by atoms with Crippen molar-refractivity contribution < 1.29 is 18.4 Å². The van der Waals surface area contributed by atoms with Crippen LogP contribution in [-0.4, -0.2) is 29.9 Å². The molecule has 148 valence electrons. The normalized spacial score (nSPS) is 16.8. The predicted molar refractivity (Wildman–Crippen MR) is 108 cm³/mol. The Balaban J connectivity index is 1.84. The molecule has 0 saturated carbocycles. The van der Waals surface area contributed by atoms with Crippen LogP contribution < -0.4 is 5.48 Å². The fourth-order valence-corrected chi connectivity index (χ4v) is 5.50. The van der Waals surface area contributed by atoms with Crippen LogP contribution in [0.15, 0.2) is 83.8 Å². The van der Waals surface area contributed by atoms with Gasteiger partial charge in [-0.15, -0.1) is 0 Å². The van der Waals surface area contributed by atoms with E-state index in [1.165, 1.54) is 4.31 Å². The number of rotatable bonds is 4. The molecular formula is C22H20N2O4S. The van der Waals surface area contributed by atoms with Crippen LogP contribution in [0, 0.1) is 0 Å². The van der Waals surface area contributed by atoms with Crippen molar-refractivity contribution in [3.8, 4) is 11.1 Å². The zero-order valence-corrected chi connectivity index (χ0v) is 16.3. The summed E-state index contributed by atoms with van der Waals surface area (Å²) in [5.74, 6) is -0.750. The summed E-state index contributed by atoms with van der Waals surface area (Å²) in [6.07, 6.45) is 0.190. The van der Waals surface area contributed by atoms with Gasteiger partial charge >= 0.3 is 0 Å². The van der Waals surface area contributed by atoms with Crippen molar-refractivity contribution in [2.45, 2.75) is 23.9 Å². The van der Waals surface area contributed by atoms with Gasteiger partial charge in [-0.3, -0.25) is 10.0 Å². The van der Waals surface area contributed by atoms with Gasteiger partial charge in [0.15, 0.2) is 0 Å². The van der Waals surface area contributed by atoms with Crippen molar-refractivity contribution in [1.82, 2.24) is 9.79 Å². The monoisotopic (exact) mass is 408 g/mol. The highest BCUT2D eigenvalue weighted by atomic mass is 32.2. The predicted octanol–water partition coefficient (Wildman–Crippen LogP) is 2.97. The Hall–Kier alpha value is -3.00. The second kappa shape index (κ2) is 7.79. The highest BCUT2D eigenvalue weighted by molar-refractivity contribution is 7.89. The number of carbonyl (C=O) groups excluding carboxylic acids is 1. The van der Waals surface area contributed by atoms with E-state index in [-0.39, 0.29) is 17.9 Å². The summed E-state index contributed by atoms with van der Waals surface area (Å²) in [5, 5.41) is 9.20. The lowest BCUT2D eigenvalue weighted by Gasteiger charge is -2.34. The summed E-state index contributed by atoms with van der Waals surface area (Å²) < 4.78 is 28.5. The summed E-state index contributed by atoms with van der Waals surface area (Å²) in [7, 11) is -4.03. The van der Waals surface area contributed by atoms with E-state index in [1.54, 1.807) is 29.7 Å². The van der Waals surface area contributed by atoms with E-state index in [2.05, 4.69) is 0 Å². The second-order valence-corrected chi connectivity index (χ2v) is 8.74. The number of hydroxylamine groups is 1. The topological polar surface area (TPSA) is 86.7 Å². The third-order valence-electron chi connectivity index (χ3n) is 5.18. The fourth-order valence-electron chi connectivity index (χ4n) is 3.72. The molecule has 0 saturated heterocycles. The van der Waals surface area contributed by atoms with E-state index in [9.17, 15) is 18.4 Å². The van der Waals surface area contributed by atoms with Crippen molar-refractivity contribution in [2.24, 2.45) is 0 Å². The highest BCUT2D eigenvalue weighted by Crippen LogP contribution is 2.34. The summed E-state index contributed by atoms with van der Waals surface area (Å²) in [6.45, 7) is 0.0553. The smallest absolute Gasteiger partial charge is 0.262 e. The van der Waals surface area contributed by atoms with Gasteiger partial charge in [-0.05, 0) is 29.2 Å². The third-order valence-corrected chi connectivity index (χ3v) is 7.09. The van der Waals surface area contributed by atoms with Gasteiger partial charge in [-0.2, -0.15) is 4.31 Å². The van der Waals surface area contributed by atoms with Crippen molar-refractivity contribution in [3.63, 3.8) is 0 Å². The van der Waals surface area contributed by atoms with E-state index < -0.39 is 22.0 Å². The average Bonchev–Trinajstić information content (AvgIpc) is 2.78. The summed E-state index contributed by atoms with van der Waals surface area (Å²) in [4.78, 5) is 12.5. The molecule has 6 nitrogen and oxygen atoms in total. The first kappa shape index (κ1) is 19.3. The lowest BCUT2D eigenvalue weighted by atomic mass is 9.95. The fraction of sp³-hybridized carbons (Fsp3) is 0.136. The Morgan fingerprint density at radius 1 is 0.897 bits per heavy atom. The molecule has 7 heteroatoms. The molecule has 0 aliphatic carbocycles. The van der Waals surface area contributed by atoms with Gasteiger partial charge in [0.25, 0.3) is 5.91 Å². The summed E-state index contributed by atoms with van der Waals surface area (Å²) in [5.41, 5.74) is 4.69. The summed E-state index contributed by atoms with van der Waals surface area (Å²) >= 11 is 0. The maximum absolute atomic E-state index is 13.7. The average molecular weight is 408 g/mol. The molecule has 0 spiro atoms. The number of nitrogens with one attached hydrogen (secondary N) is 1. The second-order valence-electron chi connectivity index (χ2n) is 6.88. The van der Waals surface area contributed by atoms with Crippen LogP contribution in [0.25, 0.3) is 11.1 Å². The molecule has 4 rings (SSSR count). The zero-order valence-electron chi connectivity index (χ0n) is 15.5. The molecule has 1 aliphatic heterocycles. The standard InChI is InChI=1S/C22H20N2O4S/c25-22(23-26)20-14-17-10-4-5-11-18(17)15-24(20)29(27,28)21-13-7-6-12-19(21)16-8-2-1-3-9-16/h1-13,20,26H,14-15H2,(H,23,25)/t20-/m1/s1. The van der Waals surface area contributed by atoms with Crippen LogP contribution in [0.2, 0.25) is 0 Å². The molecule has 0 aromatic heterocycles. The highest BCUT2D eigenvalue weighted by Gasteiger charge is 2.40. The molecule has 0 unspecified atom stereocenters. The number of fused-ring (bicyclic) bond motifs is 1. The molecular weight excluding hydrogens is 388 g/mol. The van der Waals surface area contributed by atoms with Gasteiger partial charge in [-0.25, -0.2) is 13.9 Å². The number of carbonyl (C=O) groups is 1. The van der Waals surface area contributed by atoms with Crippen LogP contribution in [0.3, 0.4) is 0 Å². The molecule has 1 heterocycles. The van der Waals surface area contributed by atoms with Crippen molar-refractivity contribution >= 4 is 15.9 Å². The van der Waals surface area contributed by atoms with Crippen LogP contribution in [0.1, 0.15) is 11.1 Å². The van der Waals surface area contributed by atoms with Gasteiger partial charge < -0.3 is 0 Å². The maximum Gasteiger partial charge on any atom is 0.262 e. The molecule has 1 aliphatic rings. The largest absolute Gasteiger partial charge is 0.289 e. The van der Waals surface area contributed by atoms with E-state index >= 15 is 0 Å². The SMILES string of the molecule is O=C(NO)[C@H]1Cc2ccccc2CN1S(=O)(=O)c1ccccc1-c1ccccc1. The lowest BCUT2D eigenvalue weighted by Crippen LogP contribution is -2.51. The van der Waals surface area contributed by atoms with Gasteiger partial charge in [-0.1, -0.05) is 72.8 Å². The van der Waals surface area contributed by atoms with E-state index in [0.29, 0.717) is 5.56 Å². The number of hydrogen-bond acceptors (Lipinski definition) is 4. The van der Waals surface area contributed by atoms with E-state index in [4.69, 9.17) is 0 Å².